The Balaban J connectivity index is 1.69. The van der Waals surface area contributed by atoms with E-state index in [0.717, 1.165) is 30.0 Å². The van der Waals surface area contributed by atoms with Crippen LogP contribution in [-0.2, 0) is 5.41 Å². The lowest BCUT2D eigenvalue weighted by atomic mass is 9.44. The van der Waals surface area contributed by atoms with Crippen molar-refractivity contribution in [1.82, 2.24) is 10.2 Å². The normalized spacial score (nSPS) is 44.0. The van der Waals surface area contributed by atoms with Gasteiger partial charge < -0.3 is 4.42 Å². The summed E-state index contributed by atoms with van der Waals surface area (Å²) < 4.78 is 6.10. The molecule has 20 heavy (non-hydrogen) atoms. The highest BCUT2D eigenvalue weighted by Crippen LogP contribution is 2.65. The lowest BCUT2D eigenvalue weighted by Crippen LogP contribution is -2.53. The van der Waals surface area contributed by atoms with E-state index in [-0.39, 0.29) is 10.2 Å². The van der Waals surface area contributed by atoms with Crippen molar-refractivity contribution in [2.45, 2.75) is 69.0 Å². The molecule has 0 aliphatic heterocycles. The van der Waals surface area contributed by atoms with E-state index in [9.17, 15) is 0 Å². The Morgan fingerprint density at radius 1 is 1.25 bits per heavy atom. The monoisotopic (exact) mass is 338 g/mol. The molecule has 1 aromatic rings. The molecule has 0 aromatic carbocycles. The van der Waals surface area contributed by atoms with Crippen LogP contribution in [-0.4, -0.2) is 10.2 Å². The SMILES string of the molecule is CCC(Br)c1nnc(C23CC4CC(CC(C)(C4)C2)C3)o1. The van der Waals surface area contributed by atoms with E-state index in [1.807, 2.05) is 0 Å². The van der Waals surface area contributed by atoms with E-state index < -0.39 is 0 Å². The van der Waals surface area contributed by atoms with Gasteiger partial charge in [0, 0.05) is 5.41 Å². The average Bonchev–Trinajstić information content (AvgIpc) is 2.85. The molecule has 5 rings (SSSR count). The standard InChI is InChI=1S/C16H23BrN2O/c1-3-12(17)13-18-19-14(20-13)16-7-10-4-11(8-16)6-15(2,5-10)9-16/h10-12H,3-9H2,1-2H3. The summed E-state index contributed by atoms with van der Waals surface area (Å²) in [6.07, 6.45) is 9.07. The van der Waals surface area contributed by atoms with Crippen LogP contribution in [0.25, 0.3) is 0 Å². The van der Waals surface area contributed by atoms with E-state index in [2.05, 4.69) is 40.0 Å². The Bertz CT molecular complexity index is 512. The summed E-state index contributed by atoms with van der Waals surface area (Å²) >= 11 is 3.62. The fraction of sp³-hybridized carbons (Fsp3) is 0.875. The lowest BCUT2D eigenvalue weighted by Gasteiger charge is -2.60. The van der Waals surface area contributed by atoms with Crippen LogP contribution in [0, 0.1) is 17.3 Å². The molecule has 4 aliphatic rings. The molecule has 4 fully saturated rings. The number of alkyl halides is 1. The third kappa shape index (κ3) is 1.90. The minimum atomic E-state index is 0.199. The molecule has 4 heteroatoms. The number of nitrogens with zero attached hydrogens (tertiary/aromatic N) is 2. The van der Waals surface area contributed by atoms with Crippen LogP contribution in [0.5, 0.6) is 0 Å². The molecule has 4 saturated carbocycles. The van der Waals surface area contributed by atoms with Gasteiger partial charge in [0.15, 0.2) is 0 Å². The predicted octanol–water partition coefficient (Wildman–Crippen LogP) is 4.77. The summed E-state index contributed by atoms with van der Waals surface area (Å²) in [5, 5.41) is 8.76. The fourth-order valence-electron chi connectivity index (χ4n) is 5.72. The summed E-state index contributed by atoms with van der Waals surface area (Å²) in [4.78, 5) is 0.202. The molecule has 0 radical (unpaired) electrons. The Labute approximate surface area is 129 Å². The molecule has 0 amide bonds. The molecule has 3 unspecified atom stereocenters. The van der Waals surface area contributed by atoms with Crippen molar-refractivity contribution < 1.29 is 4.42 Å². The first kappa shape index (κ1) is 13.3. The second-order valence-electron chi connectivity index (χ2n) is 7.87. The minimum absolute atomic E-state index is 0.199. The number of hydrogen-bond acceptors (Lipinski definition) is 3. The molecule has 1 heterocycles. The molecule has 0 saturated heterocycles. The Morgan fingerprint density at radius 3 is 2.55 bits per heavy atom. The van der Waals surface area contributed by atoms with Crippen molar-refractivity contribution in [1.29, 1.82) is 0 Å². The topological polar surface area (TPSA) is 38.9 Å². The molecular weight excluding hydrogens is 316 g/mol. The molecular formula is C16H23BrN2O. The largest absolute Gasteiger partial charge is 0.423 e. The molecule has 110 valence electrons. The molecule has 4 bridgehead atoms. The van der Waals surface area contributed by atoms with Crippen molar-refractivity contribution >= 4 is 15.9 Å². The second-order valence-corrected chi connectivity index (χ2v) is 8.98. The lowest BCUT2D eigenvalue weighted by molar-refractivity contribution is -0.0712. The van der Waals surface area contributed by atoms with E-state index in [1.54, 1.807) is 0 Å². The van der Waals surface area contributed by atoms with Crippen LogP contribution < -0.4 is 0 Å². The van der Waals surface area contributed by atoms with E-state index in [4.69, 9.17) is 4.42 Å². The first-order valence-corrected chi connectivity index (χ1v) is 8.91. The summed E-state index contributed by atoms with van der Waals surface area (Å²) in [5.74, 6) is 3.49. The zero-order valence-corrected chi connectivity index (χ0v) is 13.9. The Hall–Kier alpha value is -0.380. The second kappa shape index (κ2) is 4.31. The maximum Gasteiger partial charge on any atom is 0.230 e. The van der Waals surface area contributed by atoms with Gasteiger partial charge >= 0.3 is 0 Å². The van der Waals surface area contributed by atoms with Crippen molar-refractivity contribution in [2.24, 2.45) is 17.3 Å². The zero-order chi connectivity index (χ0) is 14.0. The van der Waals surface area contributed by atoms with Gasteiger partial charge in [-0.05, 0) is 62.2 Å². The quantitative estimate of drug-likeness (QED) is 0.745. The minimum Gasteiger partial charge on any atom is -0.423 e. The number of hydrogen-bond donors (Lipinski definition) is 0. The molecule has 0 spiro atoms. The van der Waals surface area contributed by atoms with Crippen LogP contribution in [0.4, 0.5) is 0 Å². The third-order valence-electron chi connectivity index (χ3n) is 5.87. The van der Waals surface area contributed by atoms with Gasteiger partial charge in [-0.3, -0.25) is 0 Å². The first-order valence-electron chi connectivity index (χ1n) is 8.00. The van der Waals surface area contributed by atoms with Gasteiger partial charge in [-0.2, -0.15) is 0 Å². The van der Waals surface area contributed by atoms with Gasteiger partial charge in [0.1, 0.15) is 0 Å². The molecule has 1 aromatic heterocycles. The molecule has 4 aliphatic carbocycles. The summed E-state index contributed by atoms with van der Waals surface area (Å²) in [6, 6.07) is 0. The zero-order valence-electron chi connectivity index (χ0n) is 12.4. The van der Waals surface area contributed by atoms with Crippen LogP contribution in [0.3, 0.4) is 0 Å². The molecule has 3 atom stereocenters. The van der Waals surface area contributed by atoms with Crippen molar-refractivity contribution in [2.75, 3.05) is 0 Å². The maximum atomic E-state index is 6.10. The first-order chi connectivity index (χ1) is 9.52. The summed E-state index contributed by atoms with van der Waals surface area (Å²) in [6.45, 7) is 4.62. The van der Waals surface area contributed by atoms with Crippen molar-refractivity contribution in [3.63, 3.8) is 0 Å². The fourth-order valence-corrected chi connectivity index (χ4v) is 5.91. The molecule has 0 N–H and O–H groups in total. The van der Waals surface area contributed by atoms with Gasteiger partial charge in [0.25, 0.3) is 0 Å². The summed E-state index contributed by atoms with van der Waals surface area (Å²) in [5.41, 5.74) is 0.724. The van der Waals surface area contributed by atoms with Crippen LogP contribution in [0.15, 0.2) is 4.42 Å². The number of aromatic nitrogens is 2. The van der Waals surface area contributed by atoms with Gasteiger partial charge in [-0.1, -0.05) is 29.8 Å². The summed E-state index contributed by atoms with van der Waals surface area (Å²) in [7, 11) is 0. The van der Waals surface area contributed by atoms with E-state index in [1.165, 1.54) is 38.5 Å². The maximum absolute atomic E-state index is 6.10. The Kier molecular flexibility index (Phi) is 2.87. The highest BCUT2D eigenvalue weighted by Gasteiger charge is 2.58. The van der Waals surface area contributed by atoms with Crippen LogP contribution in [0.2, 0.25) is 0 Å². The third-order valence-corrected chi connectivity index (χ3v) is 6.91. The number of halogens is 1. The van der Waals surface area contributed by atoms with Crippen LogP contribution >= 0.6 is 15.9 Å². The average molecular weight is 339 g/mol. The van der Waals surface area contributed by atoms with Gasteiger partial charge in [0.05, 0.1) is 4.83 Å². The smallest absolute Gasteiger partial charge is 0.230 e. The van der Waals surface area contributed by atoms with Crippen LogP contribution in [0.1, 0.15) is 75.4 Å². The highest BCUT2D eigenvalue weighted by molar-refractivity contribution is 9.09. The van der Waals surface area contributed by atoms with Gasteiger partial charge in [0.2, 0.25) is 11.8 Å². The van der Waals surface area contributed by atoms with E-state index >= 15 is 0 Å². The van der Waals surface area contributed by atoms with Gasteiger partial charge in [-0.25, -0.2) is 0 Å². The highest BCUT2D eigenvalue weighted by atomic mass is 79.9. The molecule has 3 nitrogen and oxygen atoms in total. The number of rotatable bonds is 3. The van der Waals surface area contributed by atoms with E-state index in [0.29, 0.717) is 5.41 Å². The van der Waals surface area contributed by atoms with Gasteiger partial charge in [-0.15, -0.1) is 10.2 Å². The van der Waals surface area contributed by atoms with Crippen molar-refractivity contribution in [3.8, 4) is 0 Å². The van der Waals surface area contributed by atoms with Crippen molar-refractivity contribution in [3.05, 3.63) is 11.8 Å². The predicted molar refractivity (Wildman–Crippen MR) is 80.7 cm³/mol. The Morgan fingerprint density at radius 2 is 1.95 bits per heavy atom.